The van der Waals surface area contributed by atoms with Crippen molar-refractivity contribution in [1.29, 1.82) is 5.26 Å². The summed E-state index contributed by atoms with van der Waals surface area (Å²) in [6.07, 6.45) is 6.04. The number of hydrogen-bond donors (Lipinski definition) is 1. The van der Waals surface area contributed by atoms with Gasteiger partial charge in [0.25, 0.3) is 0 Å². The molecular weight excluding hydrogens is 170 g/mol. The number of thiol groups is 1. The second-order valence-corrected chi connectivity index (χ2v) is 2.56. The van der Waals surface area contributed by atoms with Crippen LogP contribution in [0.3, 0.4) is 0 Å². The van der Waals surface area contributed by atoms with E-state index >= 15 is 0 Å². The highest BCUT2D eigenvalue weighted by Gasteiger charge is 2.04. The van der Waals surface area contributed by atoms with Gasteiger partial charge in [-0.15, -0.1) is 6.58 Å². The summed E-state index contributed by atoms with van der Waals surface area (Å²) in [5, 5.41) is 8.63. The monoisotopic (exact) mass is 183 g/mol. The Hall–Kier alpha value is -1.08. The largest absolute Gasteiger partial charge is 0.362 e. The van der Waals surface area contributed by atoms with Gasteiger partial charge in [0.2, 0.25) is 0 Å². The van der Waals surface area contributed by atoms with Crippen molar-refractivity contribution in [3.8, 4) is 5.40 Å². The Morgan fingerprint density at radius 2 is 2.33 bits per heavy atom. The third kappa shape index (κ3) is 4.69. The molecule has 0 saturated heterocycles. The van der Waals surface area contributed by atoms with Gasteiger partial charge < -0.3 is 9.80 Å². The lowest BCUT2D eigenvalue weighted by molar-refractivity contribution is 0.318. The molecule has 66 valence electrons. The number of nitriles is 1. The second-order valence-electron chi connectivity index (χ2n) is 2.36. The van der Waals surface area contributed by atoms with Crippen molar-refractivity contribution >= 4 is 12.6 Å². The number of hydrogen-bond acceptors (Lipinski definition) is 4. The third-order valence-corrected chi connectivity index (χ3v) is 1.30. The zero-order chi connectivity index (χ0) is 9.40. The van der Waals surface area contributed by atoms with E-state index < -0.39 is 0 Å². The van der Waals surface area contributed by atoms with Gasteiger partial charge in [0.1, 0.15) is 5.40 Å². The standard InChI is InChI=1S/C7H12N2.CHNS/c1-3-4-9-6-5-8(2)7-9;2-1-3/h3,5-6H,1,4,7H2,2H3;3H. The van der Waals surface area contributed by atoms with Crippen LogP contribution in [0.25, 0.3) is 0 Å². The fourth-order valence-corrected chi connectivity index (χ4v) is 0.873. The van der Waals surface area contributed by atoms with Crippen LogP contribution in [-0.4, -0.2) is 30.1 Å². The van der Waals surface area contributed by atoms with Gasteiger partial charge in [-0.1, -0.05) is 18.7 Å². The van der Waals surface area contributed by atoms with E-state index in [9.17, 15) is 0 Å². The zero-order valence-corrected chi connectivity index (χ0v) is 8.04. The van der Waals surface area contributed by atoms with Crippen LogP contribution >= 0.6 is 12.6 Å². The third-order valence-electron chi connectivity index (χ3n) is 1.30. The van der Waals surface area contributed by atoms with Gasteiger partial charge >= 0.3 is 0 Å². The molecule has 0 aromatic carbocycles. The molecule has 0 unspecified atom stereocenters. The molecule has 0 aromatic heterocycles. The molecule has 0 aromatic rings. The Bertz CT molecular complexity index is 195. The van der Waals surface area contributed by atoms with Crippen LogP contribution < -0.4 is 0 Å². The van der Waals surface area contributed by atoms with E-state index in [0.29, 0.717) is 0 Å². The van der Waals surface area contributed by atoms with Crippen molar-refractivity contribution in [2.24, 2.45) is 0 Å². The summed E-state index contributed by atoms with van der Waals surface area (Å²) in [6, 6.07) is 0. The Morgan fingerprint density at radius 3 is 2.67 bits per heavy atom. The lowest BCUT2D eigenvalue weighted by Crippen LogP contribution is -2.21. The number of rotatable bonds is 2. The van der Waals surface area contributed by atoms with Gasteiger partial charge in [-0.2, -0.15) is 5.26 Å². The van der Waals surface area contributed by atoms with Crippen LogP contribution in [-0.2, 0) is 0 Å². The summed E-state index contributed by atoms with van der Waals surface area (Å²) in [4.78, 5) is 4.32. The molecule has 0 aliphatic carbocycles. The number of thiocyanates is 1. The van der Waals surface area contributed by atoms with E-state index in [2.05, 4.69) is 48.5 Å². The van der Waals surface area contributed by atoms with E-state index in [1.54, 1.807) is 0 Å². The van der Waals surface area contributed by atoms with Gasteiger partial charge in [0, 0.05) is 26.0 Å². The average Bonchev–Trinajstić information content (AvgIpc) is 2.38. The minimum atomic E-state index is 0.945. The molecular formula is C8H13N3S. The summed E-state index contributed by atoms with van der Waals surface area (Å²) < 4.78 is 0. The van der Waals surface area contributed by atoms with E-state index in [0.717, 1.165) is 13.2 Å². The molecule has 0 bridgehead atoms. The molecule has 12 heavy (non-hydrogen) atoms. The van der Waals surface area contributed by atoms with Gasteiger partial charge in [-0.05, 0) is 0 Å². The first-order chi connectivity index (χ1) is 5.74. The van der Waals surface area contributed by atoms with Crippen LogP contribution in [0.1, 0.15) is 0 Å². The normalized spacial score (nSPS) is 13.4. The molecule has 0 N–H and O–H groups in total. The molecule has 3 nitrogen and oxygen atoms in total. The summed E-state index contributed by atoms with van der Waals surface area (Å²) in [5.74, 6) is 0. The van der Waals surface area contributed by atoms with Crippen molar-refractivity contribution in [2.45, 2.75) is 0 Å². The van der Waals surface area contributed by atoms with Crippen molar-refractivity contribution in [1.82, 2.24) is 9.80 Å². The van der Waals surface area contributed by atoms with Crippen molar-refractivity contribution in [3.05, 3.63) is 25.1 Å². The predicted octanol–water partition coefficient (Wildman–Crippen LogP) is 1.25. The first kappa shape index (κ1) is 10.9. The maximum absolute atomic E-state index is 7.18. The summed E-state index contributed by atoms with van der Waals surface area (Å²) in [6.45, 7) is 5.59. The summed E-state index contributed by atoms with van der Waals surface area (Å²) >= 11 is 3.09. The molecule has 1 aliphatic heterocycles. The molecule has 0 radical (unpaired) electrons. The Kier molecular flexibility index (Phi) is 6.02. The number of nitrogens with zero attached hydrogens (tertiary/aromatic N) is 3. The molecule has 1 rings (SSSR count). The van der Waals surface area contributed by atoms with E-state index in [-0.39, 0.29) is 0 Å². The summed E-state index contributed by atoms with van der Waals surface area (Å²) in [7, 11) is 2.06. The molecule has 0 saturated carbocycles. The maximum atomic E-state index is 7.18. The van der Waals surface area contributed by atoms with Crippen LogP contribution in [0.2, 0.25) is 0 Å². The topological polar surface area (TPSA) is 30.3 Å². The molecule has 0 atom stereocenters. The molecule has 1 heterocycles. The highest BCUT2D eigenvalue weighted by Crippen LogP contribution is 2.01. The molecule has 0 fully saturated rings. The fraction of sp³-hybridized carbons (Fsp3) is 0.375. The SMILES string of the molecule is C=CCN1C=CN(C)C1.N#CS. The van der Waals surface area contributed by atoms with E-state index in [4.69, 9.17) is 5.26 Å². The van der Waals surface area contributed by atoms with Crippen LogP contribution in [0.5, 0.6) is 0 Å². The van der Waals surface area contributed by atoms with Crippen LogP contribution in [0.15, 0.2) is 25.1 Å². The van der Waals surface area contributed by atoms with Crippen molar-refractivity contribution in [3.63, 3.8) is 0 Å². The maximum Gasteiger partial charge on any atom is 0.130 e. The van der Waals surface area contributed by atoms with Gasteiger partial charge in [-0.25, -0.2) is 0 Å². The Balaban J connectivity index is 0.000000354. The Labute approximate surface area is 79.0 Å². The lowest BCUT2D eigenvalue weighted by atomic mass is 10.6. The van der Waals surface area contributed by atoms with E-state index in [1.165, 1.54) is 5.40 Å². The van der Waals surface area contributed by atoms with Crippen LogP contribution in [0.4, 0.5) is 0 Å². The molecule has 4 heteroatoms. The minimum absolute atomic E-state index is 0.945. The highest BCUT2D eigenvalue weighted by atomic mass is 32.1. The molecule has 0 amide bonds. The quantitative estimate of drug-likeness (QED) is 0.397. The van der Waals surface area contributed by atoms with Gasteiger partial charge in [0.15, 0.2) is 0 Å². The van der Waals surface area contributed by atoms with Crippen LogP contribution in [0, 0.1) is 10.7 Å². The zero-order valence-electron chi connectivity index (χ0n) is 7.14. The lowest BCUT2D eigenvalue weighted by Gasteiger charge is -2.15. The first-order valence-corrected chi connectivity index (χ1v) is 3.96. The highest BCUT2D eigenvalue weighted by molar-refractivity contribution is 7.85. The van der Waals surface area contributed by atoms with Crippen molar-refractivity contribution in [2.75, 3.05) is 20.3 Å². The van der Waals surface area contributed by atoms with Gasteiger partial charge in [0.05, 0.1) is 6.67 Å². The molecule has 0 spiro atoms. The first-order valence-electron chi connectivity index (χ1n) is 3.51. The van der Waals surface area contributed by atoms with Gasteiger partial charge in [-0.3, -0.25) is 0 Å². The average molecular weight is 183 g/mol. The second kappa shape index (κ2) is 6.62. The smallest absolute Gasteiger partial charge is 0.130 e. The molecule has 1 aliphatic rings. The Morgan fingerprint density at radius 1 is 1.75 bits per heavy atom. The fourth-order valence-electron chi connectivity index (χ4n) is 0.873. The minimum Gasteiger partial charge on any atom is -0.362 e. The van der Waals surface area contributed by atoms with E-state index in [1.807, 2.05) is 6.08 Å². The van der Waals surface area contributed by atoms with Crippen molar-refractivity contribution < 1.29 is 0 Å². The predicted molar refractivity (Wildman–Crippen MR) is 53.3 cm³/mol. The summed E-state index contributed by atoms with van der Waals surface area (Å²) in [5.41, 5.74) is 0.